The first-order valence-electron chi connectivity index (χ1n) is 11.4. The van der Waals surface area contributed by atoms with E-state index in [4.69, 9.17) is 14.9 Å². The van der Waals surface area contributed by atoms with Crippen LogP contribution in [0.15, 0.2) is 71.7 Å². The molecule has 0 spiro atoms. The normalized spacial score (nSPS) is 10.4. The van der Waals surface area contributed by atoms with Gasteiger partial charge in [-0.2, -0.15) is 0 Å². The number of nitrogens with one attached hydrogen (secondary N) is 1. The molecule has 0 unspecified atom stereocenters. The van der Waals surface area contributed by atoms with Crippen molar-refractivity contribution in [1.82, 2.24) is 5.32 Å². The molecule has 0 radical (unpaired) electrons. The highest BCUT2D eigenvalue weighted by molar-refractivity contribution is 9.10. The minimum atomic E-state index is -1.26. The number of ether oxygens (including phenoxy) is 1. The first-order valence-corrected chi connectivity index (χ1v) is 12.2. The SMILES string of the molecule is C=CCCNCCCCCCOc1ccc(C(=O)c2ccc(Br)cc2F)cc1.O=C(O)C=CC(=O)O. The van der Waals surface area contributed by atoms with E-state index < -0.39 is 17.8 Å². The summed E-state index contributed by atoms with van der Waals surface area (Å²) < 4.78 is 20.3. The highest BCUT2D eigenvalue weighted by Crippen LogP contribution is 2.20. The summed E-state index contributed by atoms with van der Waals surface area (Å²) in [6.07, 6.45) is 8.52. The Morgan fingerprint density at radius 1 is 0.944 bits per heavy atom. The van der Waals surface area contributed by atoms with Crippen LogP contribution in [0.3, 0.4) is 0 Å². The minimum absolute atomic E-state index is 0.0656. The molecule has 0 saturated carbocycles. The van der Waals surface area contributed by atoms with Crippen LogP contribution < -0.4 is 10.1 Å². The van der Waals surface area contributed by atoms with Crippen LogP contribution in [-0.2, 0) is 9.59 Å². The molecule has 2 rings (SSSR count). The number of unbranched alkanes of at least 4 members (excludes halogenated alkanes) is 3. The molecule has 0 heterocycles. The second-order valence-electron chi connectivity index (χ2n) is 7.58. The molecule has 9 heteroatoms. The van der Waals surface area contributed by atoms with Crippen molar-refractivity contribution in [1.29, 1.82) is 0 Å². The molecule has 2 aromatic carbocycles. The van der Waals surface area contributed by atoms with Gasteiger partial charge in [-0.1, -0.05) is 34.8 Å². The Hall–Kier alpha value is -3.30. The number of rotatable bonds is 15. The van der Waals surface area contributed by atoms with Gasteiger partial charge in [-0.05, 0) is 74.8 Å². The number of carboxylic acids is 2. The lowest BCUT2D eigenvalue weighted by molar-refractivity contribution is -0.134. The highest BCUT2D eigenvalue weighted by Gasteiger charge is 2.14. The molecule has 0 aliphatic heterocycles. The molecule has 0 atom stereocenters. The van der Waals surface area contributed by atoms with Gasteiger partial charge >= 0.3 is 11.9 Å². The van der Waals surface area contributed by atoms with Crippen molar-refractivity contribution in [2.45, 2.75) is 32.1 Å². The van der Waals surface area contributed by atoms with Crippen molar-refractivity contribution in [3.63, 3.8) is 0 Å². The van der Waals surface area contributed by atoms with E-state index in [-0.39, 0.29) is 11.3 Å². The van der Waals surface area contributed by atoms with Gasteiger partial charge in [-0.25, -0.2) is 14.0 Å². The van der Waals surface area contributed by atoms with E-state index in [0.717, 1.165) is 38.1 Å². The molecule has 3 N–H and O–H groups in total. The van der Waals surface area contributed by atoms with Gasteiger partial charge in [0.25, 0.3) is 0 Å². The van der Waals surface area contributed by atoms with Crippen LogP contribution in [0.2, 0.25) is 0 Å². The Bertz CT molecular complexity index is 1010. The van der Waals surface area contributed by atoms with Crippen molar-refractivity contribution in [2.75, 3.05) is 19.7 Å². The molecule has 36 heavy (non-hydrogen) atoms. The summed E-state index contributed by atoms with van der Waals surface area (Å²) in [7, 11) is 0. The zero-order chi connectivity index (χ0) is 26.8. The first kappa shape index (κ1) is 30.7. The van der Waals surface area contributed by atoms with Gasteiger partial charge in [0.1, 0.15) is 11.6 Å². The van der Waals surface area contributed by atoms with Gasteiger partial charge in [-0.3, -0.25) is 4.79 Å². The van der Waals surface area contributed by atoms with Crippen LogP contribution in [0.5, 0.6) is 5.75 Å². The van der Waals surface area contributed by atoms with Gasteiger partial charge in [0.2, 0.25) is 0 Å². The Kier molecular flexibility index (Phi) is 15.4. The summed E-state index contributed by atoms with van der Waals surface area (Å²) in [6, 6.07) is 11.3. The Morgan fingerprint density at radius 3 is 2.17 bits per heavy atom. The predicted molar refractivity (Wildman–Crippen MR) is 140 cm³/mol. The van der Waals surface area contributed by atoms with Crippen LogP contribution in [0.25, 0.3) is 0 Å². The quantitative estimate of drug-likeness (QED) is 0.111. The van der Waals surface area contributed by atoms with Gasteiger partial charge in [0.15, 0.2) is 5.78 Å². The number of carbonyl (C=O) groups excluding carboxylic acids is 1. The number of carboxylic acid groups (broad SMARTS) is 2. The van der Waals surface area contributed by atoms with Crippen LogP contribution in [-0.4, -0.2) is 47.6 Å². The summed E-state index contributed by atoms with van der Waals surface area (Å²) >= 11 is 3.19. The van der Waals surface area contributed by atoms with Crippen molar-refractivity contribution in [3.8, 4) is 5.75 Å². The second kappa shape index (κ2) is 18.0. The van der Waals surface area contributed by atoms with Crippen molar-refractivity contribution in [3.05, 3.63) is 88.7 Å². The minimum Gasteiger partial charge on any atom is -0.494 e. The maximum absolute atomic E-state index is 14.0. The van der Waals surface area contributed by atoms with Crippen LogP contribution in [0, 0.1) is 5.82 Å². The largest absolute Gasteiger partial charge is 0.494 e. The number of hydrogen-bond acceptors (Lipinski definition) is 5. The summed E-state index contributed by atoms with van der Waals surface area (Å²) in [4.78, 5) is 31.5. The molecule has 0 fully saturated rings. The van der Waals surface area contributed by atoms with Crippen LogP contribution in [0.4, 0.5) is 4.39 Å². The lowest BCUT2D eigenvalue weighted by atomic mass is 10.0. The fourth-order valence-electron chi connectivity index (χ4n) is 2.90. The molecule has 0 aromatic heterocycles. The lowest BCUT2D eigenvalue weighted by Gasteiger charge is -2.08. The smallest absolute Gasteiger partial charge is 0.328 e. The standard InChI is InChI=1S/C23H27BrFNO2.C4H4O4/c1-2-3-14-26-15-6-4-5-7-16-28-20-11-8-18(9-12-20)23(27)21-13-10-19(24)17-22(21)25;5-3(6)1-2-4(7)8/h2,8-13,17,26H,1,3-7,14-16H2;1-2H,(H,5,6)(H,7,8). The van der Waals surface area contributed by atoms with Gasteiger partial charge in [-0.15, -0.1) is 6.58 Å². The van der Waals surface area contributed by atoms with Gasteiger partial charge in [0.05, 0.1) is 12.2 Å². The zero-order valence-electron chi connectivity index (χ0n) is 19.9. The molecule has 194 valence electrons. The lowest BCUT2D eigenvalue weighted by Crippen LogP contribution is -2.15. The summed E-state index contributed by atoms with van der Waals surface area (Å²) in [5, 5.41) is 19.0. The van der Waals surface area contributed by atoms with E-state index >= 15 is 0 Å². The van der Waals surface area contributed by atoms with E-state index in [9.17, 15) is 18.8 Å². The highest BCUT2D eigenvalue weighted by atomic mass is 79.9. The fourth-order valence-corrected chi connectivity index (χ4v) is 3.23. The second-order valence-corrected chi connectivity index (χ2v) is 8.49. The molecule has 7 nitrogen and oxygen atoms in total. The number of aliphatic carboxylic acids is 2. The Labute approximate surface area is 218 Å². The topological polar surface area (TPSA) is 113 Å². The summed E-state index contributed by atoms with van der Waals surface area (Å²) in [6.45, 7) is 6.40. The van der Waals surface area contributed by atoms with Crippen molar-refractivity contribution < 1.29 is 33.7 Å². The number of carbonyl (C=O) groups is 3. The molecule has 0 bridgehead atoms. The first-order chi connectivity index (χ1) is 17.2. The van der Waals surface area contributed by atoms with Crippen molar-refractivity contribution >= 4 is 33.7 Å². The third-order valence-corrected chi connectivity index (χ3v) is 5.20. The van der Waals surface area contributed by atoms with Crippen molar-refractivity contribution in [2.24, 2.45) is 0 Å². The molecule has 0 aliphatic rings. The molecular formula is C27H31BrFNO6. The number of halogens is 2. The van der Waals surface area contributed by atoms with Crippen LogP contribution >= 0.6 is 15.9 Å². The average molecular weight is 564 g/mol. The van der Waals surface area contributed by atoms with E-state index in [1.54, 1.807) is 30.3 Å². The molecule has 0 aliphatic carbocycles. The van der Waals surface area contributed by atoms with E-state index in [1.165, 1.54) is 25.0 Å². The van der Waals surface area contributed by atoms with Gasteiger partial charge in [0, 0.05) is 22.2 Å². The Balaban J connectivity index is 0.000000697. The average Bonchev–Trinajstić information content (AvgIpc) is 2.84. The maximum atomic E-state index is 14.0. The summed E-state index contributed by atoms with van der Waals surface area (Å²) in [5.41, 5.74) is 0.508. The third-order valence-electron chi connectivity index (χ3n) is 4.70. The van der Waals surface area contributed by atoms with E-state index in [2.05, 4.69) is 27.8 Å². The number of ketones is 1. The molecule has 2 aromatic rings. The van der Waals surface area contributed by atoms with E-state index in [0.29, 0.717) is 28.8 Å². The third kappa shape index (κ3) is 13.6. The monoisotopic (exact) mass is 563 g/mol. The predicted octanol–water partition coefficient (Wildman–Crippen LogP) is 5.64. The molecule has 0 amide bonds. The summed E-state index contributed by atoms with van der Waals surface area (Å²) in [5.74, 6) is -2.66. The maximum Gasteiger partial charge on any atom is 0.328 e. The van der Waals surface area contributed by atoms with Crippen LogP contribution in [0.1, 0.15) is 48.0 Å². The number of hydrogen-bond donors (Lipinski definition) is 3. The zero-order valence-corrected chi connectivity index (χ0v) is 21.5. The Morgan fingerprint density at radius 2 is 1.58 bits per heavy atom. The molecule has 0 saturated heterocycles. The molecular weight excluding hydrogens is 533 g/mol. The number of benzene rings is 2. The van der Waals surface area contributed by atoms with Gasteiger partial charge < -0.3 is 20.3 Å². The fraction of sp³-hybridized carbons (Fsp3) is 0.296. The van der Waals surface area contributed by atoms with E-state index in [1.807, 2.05) is 6.08 Å².